The van der Waals surface area contributed by atoms with Crippen LogP contribution < -0.4 is 0 Å². The van der Waals surface area contributed by atoms with Gasteiger partial charge in [-0.3, -0.25) is 4.79 Å². The van der Waals surface area contributed by atoms with Crippen molar-refractivity contribution in [2.75, 3.05) is 7.11 Å². The smallest absolute Gasteiger partial charge is 0.349 e. The minimum Gasteiger partial charge on any atom is -0.469 e. The van der Waals surface area contributed by atoms with E-state index in [1.54, 1.807) is 6.08 Å². The predicted octanol–water partition coefficient (Wildman–Crippen LogP) is 6.95. The number of aryl methyl sites for hydroxylation is 1. The lowest BCUT2D eigenvalue weighted by molar-refractivity contribution is -0.140. The number of hydrogen-bond donors (Lipinski definition) is 2. The maximum atomic E-state index is 13.5. The van der Waals surface area contributed by atoms with Crippen LogP contribution in [0.25, 0.3) is 33.3 Å². The molecule has 43 heavy (non-hydrogen) atoms. The van der Waals surface area contributed by atoms with Crippen LogP contribution in [0.5, 0.6) is 0 Å². The molecule has 4 aliphatic rings. The molecule has 0 saturated carbocycles. The van der Waals surface area contributed by atoms with Gasteiger partial charge in [-0.15, -0.1) is 0 Å². The van der Waals surface area contributed by atoms with E-state index in [0.717, 1.165) is 51.5 Å². The minimum absolute atomic E-state index is 0.0938. The summed E-state index contributed by atoms with van der Waals surface area (Å²) < 4.78 is 10.2. The Kier molecular flexibility index (Phi) is 6.91. The zero-order valence-electron chi connectivity index (χ0n) is 25.2. The fourth-order valence-electron chi connectivity index (χ4n) is 6.61. The third-order valence-corrected chi connectivity index (χ3v) is 9.13. The van der Waals surface area contributed by atoms with Crippen molar-refractivity contribution in [2.45, 2.75) is 65.7 Å². The van der Waals surface area contributed by atoms with Gasteiger partial charge in [0.2, 0.25) is 0 Å². The molecule has 0 fully saturated rings. The van der Waals surface area contributed by atoms with Crippen LogP contribution in [0.3, 0.4) is 0 Å². The highest BCUT2D eigenvalue weighted by Gasteiger charge is 2.38. The van der Waals surface area contributed by atoms with Gasteiger partial charge in [0, 0.05) is 40.7 Å². The van der Waals surface area contributed by atoms with Gasteiger partial charge in [-0.05, 0) is 74.1 Å². The molecule has 0 amide bonds. The first-order valence-corrected chi connectivity index (χ1v) is 14.5. The van der Waals surface area contributed by atoms with E-state index in [1.807, 2.05) is 32.0 Å². The third kappa shape index (κ3) is 4.42. The zero-order valence-corrected chi connectivity index (χ0v) is 25.2. The number of ether oxygens (including phenoxy) is 2. The lowest BCUT2D eigenvalue weighted by atomic mass is 9.85. The molecule has 2 aromatic heterocycles. The molecule has 6 rings (SSSR count). The predicted molar refractivity (Wildman–Crippen MR) is 165 cm³/mol. The summed E-state index contributed by atoms with van der Waals surface area (Å²) in [7, 11) is 1.36. The molecule has 2 aromatic rings. The molecule has 2 N–H and O–H groups in total. The number of esters is 3. The van der Waals surface area contributed by atoms with Gasteiger partial charge in [-0.2, -0.15) is 0 Å². The van der Waals surface area contributed by atoms with E-state index in [4.69, 9.17) is 19.4 Å². The molecule has 6 heterocycles. The van der Waals surface area contributed by atoms with Crippen LogP contribution in [0.15, 0.2) is 30.9 Å². The van der Waals surface area contributed by atoms with Crippen LogP contribution in [0.4, 0.5) is 0 Å². The van der Waals surface area contributed by atoms with Crippen LogP contribution in [0.2, 0.25) is 0 Å². The summed E-state index contributed by atoms with van der Waals surface area (Å²) in [5, 5.41) is 0. The number of cyclic esters (lactones) is 2. The van der Waals surface area contributed by atoms with Crippen molar-refractivity contribution in [3.05, 3.63) is 81.7 Å². The Labute approximate surface area is 249 Å². The average Bonchev–Trinajstić information content (AvgIpc) is 3.65. The van der Waals surface area contributed by atoms with E-state index in [1.165, 1.54) is 7.11 Å². The lowest BCUT2D eigenvalue weighted by Gasteiger charge is -2.19. The summed E-state index contributed by atoms with van der Waals surface area (Å²) in [6, 6.07) is 5.92. The molecule has 0 radical (unpaired) electrons. The van der Waals surface area contributed by atoms with Crippen LogP contribution in [0, 0.1) is 6.92 Å². The number of nitrogens with zero attached hydrogens (tertiary/aromatic N) is 2. The van der Waals surface area contributed by atoms with E-state index in [2.05, 4.69) is 37.3 Å². The Balaban J connectivity index is 1.77. The molecule has 4 aliphatic heterocycles. The molecular weight excluding hydrogens is 544 g/mol. The highest BCUT2D eigenvalue weighted by molar-refractivity contribution is 6.18. The molecule has 0 unspecified atom stereocenters. The normalized spacial score (nSPS) is 18.6. The van der Waals surface area contributed by atoms with Crippen LogP contribution >= 0.6 is 0 Å². The first kappa shape index (κ1) is 28.3. The number of carbonyl (C=O) groups is 3. The van der Waals surface area contributed by atoms with Crippen LogP contribution in [-0.2, 0) is 14.3 Å². The SMILES string of the molecule is C=CC1=C(C)c2cc3nc(cc4[nH]c(c5c6[nH]c(cc1n2)c(C)c6C(=O)OC5=O)[C@@H](CCC(=O)OC)[C@@H]4C)C(C)=C3CC. The molecule has 9 heteroatoms. The van der Waals surface area contributed by atoms with Gasteiger partial charge in [0.05, 0.1) is 41.0 Å². The van der Waals surface area contributed by atoms with E-state index < -0.39 is 11.9 Å². The number of hydrogen-bond acceptors (Lipinski definition) is 7. The van der Waals surface area contributed by atoms with Crippen molar-refractivity contribution >= 4 is 51.2 Å². The van der Waals surface area contributed by atoms with Crippen molar-refractivity contribution in [3.8, 4) is 0 Å². The van der Waals surface area contributed by atoms with Crippen molar-refractivity contribution in [1.82, 2.24) is 19.9 Å². The standard InChI is InChI=1S/C34H34N4O5/c1-8-19-15(3)22-12-24-17(5)21(10-11-28(39)42-7)31(37-24)30-32-29(33(40)43-34(30)41)18(6)25(38-32)14-27-20(9-2)16(4)23(36-27)13-26(19)35-22/h9,12-14,17,21,37-38H,2,8,10-11H2,1,3-7H3/t17-,21-/m0/s1. The maximum Gasteiger partial charge on any atom is 0.349 e. The highest BCUT2D eigenvalue weighted by Crippen LogP contribution is 2.44. The van der Waals surface area contributed by atoms with E-state index in [9.17, 15) is 14.4 Å². The van der Waals surface area contributed by atoms with E-state index >= 15 is 0 Å². The highest BCUT2D eigenvalue weighted by atomic mass is 16.6. The first-order chi connectivity index (χ1) is 20.6. The first-order valence-electron chi connectivity index (χ1n) is 14.5. The average molecular weight is 579 g/mol. The number of fused-ring (bicyclic) bond motifs is 8. The number of carbonyl (C=O) groups excluding carboxylic acids is 3. The number of allylic oxidation sites excluding steroid dienone is 5. The monoisotopic (exact) mass is 578 g/mol. The summed E-state index contributed by atoms with van der Waals surface area (Å²) in [4.78, 5) is 55.6. The summed E-state index contributed by atoms with van der Waals surface area (Å²) in [5.41, 5.74) is 10.9. The van der Waals surface area contributed by atoms with Gasteiger partial charge in [0.25, 0.3) is 0 Å². The van der Waals surface area contributed by atoms with Gasteiger partial charge < -0.3 is 19.4 Å². The maximum absolute atomic E-state index is 13.5. The van der Waals surface area contributed by atoms with Gasteiger partial charge in [-0.25, -0.2) is 19.6 Å². The Hall–Kier alpha value is -4.79. The van der Waals surface area contributed by atoms with Crippen LogP contribution in [0.1, 0.15) is 119 Å². The number of nitrogens with one attached hydrogen (secondary N) is 2. The molecule has 0 spiro atoms. The second kappa shape index (κ2) is 10.5. The van der Waals surface area contributed by atoms with Crippen molar-refractivity contribution < 1.29 is 23.9 Å². The fraction of sp³-hybridized carbons (Fsp3) is 0.324. The van der Waals surface area contributed by atoms with Crippen LogP contribution in [-0.4, -0.2) is 45.0 Å². The second-order valence-electron chi connectivity index (χ2n) is 11.4. The second-order valence-corrected chi connectivity index (χ2v) is 11.4. The number of methoxy groups -OCH3 is 1. The number of rotatable bonds is 5. The van der Waals surface area contributed by atoms with Gasteiger partial charge in [0.15, 0.2) is 0 Å². The fourth-order valence-corrected chi connectivity index (χ4v) is 6.61. The minimum atomic E-state index is -0.741. The molecule has 220 valence electrons. The number of aromatic amines is 2. The summed E-state index contributed by atoms with van der Waals surface area (Å²) in [6.45, 7) is 14.1. The quantitative estimate of drug-likeness (QED) is 0.290. The third-order valence-electron chi connectivity index (χ3n) is 9.13. The van der Waals surface area contributed by atoms with Crippen molar-refractivity contribution in [3.63, 3.8) is 0 Å². The number of H-pyrrole nitrogens is 2. The molecular formula is C34H34N4O5. The topological polar surface area (TPSA) is 127 Å². The lowest BCUT2D eigenvalue weighted by Crippen LogP contribution is -2.21. The molecule has 0 saturated heterocycles. The largest absolute Gasteiger partial charge is 0.469 e. The molecule has 0 aromatic carbocycles. The van der Waals surface area contributed by atoms with E-state index in [0.29, 0.717) is 40.0 Å². The van der Waals surface area contributed by atoms with Crippen molar-refractivity contribution in [2.24, 2.45) is 0 Å². The molecule has 9 nitrogen and oxygen atoms in total. The van der Waals surface area contributed by atoms with E-state index in [-0.39, 0.29) is 29.8 Å². The van der Waals surface area contributed by atoms with Crippen molar-refractivity contribution in [1.29, 1.82) is 0 Å². The Morgan fingerprint density at radius 3 is 2.40 bits per heavy atom. The Bertz CT molecular complexity index is 1900. The molecule has 0 aliphatic carbocycles. The molecule has 8 bridgehead atoms. The van der Waals surface area contributed by atoms with Gasteiger partial charge in [-0.1, -0.05) is 26.5 Å². The Morgan fingerprint density at radius 2 is 1.70 bits per heavy atom. The summed E-state index contributed by atoms with van der Waals surface area (Å²) in [5.74, 6) is -2.12. The van der Waals surface area contributed by atoms with Gasteiger partial charge >= 0.3 is 17.9 Å². The summed E-state index contributed by atoms with van der Waals surface area (Å²) >= 11 is 0. The number of aromatic nitrogens is 4. The summed E-state index contributed by atoms with van der Waals surface area (Å²) in [6.07, 6.45) is 3.18. The van der Waals surface area contributed by atoms with Gasteiger partial charge in [0.1, 0.15) is 5.56 Å². The Morgan fingerprint density at radius 1 is 1.00 bits per heavy atom. The molecule has 2 atom stereocenters. The zero-order chi connectivity index (χ0) is 30.7.